The van der Waals surface area contributed by atoms with Crippen molar-refractivity contribution >= 4 is 22.9 Å². The summed E-state index contributed by atoms with van der Waals surface area (Å²) >= 11 is 0. The Morgan fingerprint density at radius 2 is 1.81 bits per heavy atom. The zero-order valence-electron chi connectivity index (χ0n) is 15.1. The van der Waals surface area contributed by atoms with Crippen molar-refractivity contribution < 1.29 is 14.3 Å². The number of fused-ring (bicyclic) bond motifs is 1. The number of ether oxygens (including phenoxy) is 2. The van der Waals surface area contributed by atoms with Crippen LogP contribution in [0.1, 0.15) is 16.1 Å². The highest BCUT2D eigenvalue weighted by molar-refractivity contribution is 6.04. The largest absolute Gasteiger partial charge is 0.493 e. The average Bonchev–Trinajstić information content (AvgIpc) is 2.70. The van der Waals surface area contributed by atoms with Gasteiger partial charge in [-0.15, -0.1) is 0 Å². The number of amides is 1. The Morgan fingerprint density at radius 3 is 2.52 bits per heavy atom. The molecule has 1 heterocycles. The van der Waals surface area contributed by atoms with Crippen LogP contribution < -0.4 is 20.5 Å². The molecule has 0 radical (unpaired) electrons. The summed E-state index contributed by atoms with van der Waals surface area (Å²) in [5.74, 6) is 0.636. The van der Waals surface area contributed by atoms with Gasteiger partial charge in [0, 0.05) is 12.4 Å². The first-order valence-electron chi connectivity index (χ1n) is 8.06. The third-order valence-corrected chi connectivity index (χ3v) is 3.96. The minimum absolute atomic E-state index is 0.122. The molecule has 8 nitrogen and oxygen atoms in total. The van der Waals surface area contributed by atoms with Crippen molar-refractivity contribution in [2.75, 3.05) is 14.2 Å². The van der Waals surface area contributed by atoms with E-state index in [1.165, 1.54) is 20.4 Å². The Labute approximate surface area is 155 Å². The van der Waals surface area contributed by atoms with Crippen molar-refractivity contribution in [3.05, 3.63) is 64.1 Å². The van der Waals surface area contributed by atoms with Gasteiger partial charge in [0.05, 0.1) is 25.8 Å². The predicted octanol–water partition coefficient (Wildman–Crippen LogP) is 1.71. The second kappa shape index (κ2) is 7.69. The summed E-state index contributed by atoms with van der Waals surface area (Å²) in [5, 5.41) is 8.91. The summed E-state index contributed by atoms with van der Waals surface area (Å²) in [4.78, 5) is 24.6. The molecule has 0 bridgehead atoms. The van der Waals surface area contributed by atoms with Crippen LogP contribution in [0.4, 0.5) is 0 Å². The van der Waals surface area contributed by atoms with E-state index in [4.69, 9.17) is 9.47 Å². The van der Waals surface area contributed by atoms with E-state index in [9.17, 15) is 9.59 Å². The SMILES string of the molecule is COc1ccc(C=NNC(=O)c2nn(C)c(=O)c3ccccc23)cc1OC. The Balaban J connectivity index is 1.85. The van der Waals surface area contributed by atoms with Gasteiger partial charge in [-0.2, -0.15) is 10.2 Å². The lowest BCUT2D eigenvalue weighted by Gasteiger charge is -2.08. The molecule has 1 amide bonds. The third-order valence-electron chi connectivity index (χ3n) is 3.96. The third kappa shape index (κ3) is 3.64. The molecule has 3 aromatic rings. The van der Waals surface area contributed by atoms with Crippen molar-refractivity contribution in [3.8, 4) is 11.5 Å². The second-order valence-corrected chi connectivity index (χ2v) is 5.64. The van der Waals surface area contributed by atoms with E-state index < -0.39 is 5.91 Å². The fourth-order valence-electron chi connectivity index (χ4n) is 2.62. The van der Waals surface area contributed by atoms with Crippen molar-refractivity contribution in [2.45, 2.75) is 0 Å². The zero-order chi connectivity index (χ0) is 19.4. The predicted molar refractivity (Wildman–Crippen MR) is 102 cm³/mol. The maximum absolute atomic E-state index is 12.5. The van der Waals surface area contributed by atoms with E-state index in [-0.39, 0.29) is 11.3 Å². The summed E-state index contributed by atoms with van der Waals surface area (Å²) in [6, 6.07) is 12.1. The standard InChI is InChI=1S/C19H18N4O4/c1-23-19(25)14-7-5-4-6-13(14)17(22-23)18(24)21-20-11-12-8-9-15(26-2)16(10-12)27-3/h4-11H,1-3H3,(H,21,24). The Bertz CT molecular complexity index is 1090. The molecule has 3 rings (SSSR count). The molecule has 0 fully saturated rings. The Hall–Kier alpha value is -3.68. The Morgan fingerprint density at radius 1 is 1.11 bits per heavy atom. The van der Waals surface area contributed by atoms with Crippen LogP contribution in [-0.2, 0) is 7.05 Å². The topological polar surface area (TPSA) is 94.8 Å². The number of hydrogen-bond donors (Lipinski definition) is 1. The fraction of sp³-hybridized carbons (Fsp3) is 0.158. The molecule has 0 spiro atoms. The molecule has 138 valence electrons. The number of hydrogen-bond acceptors (Lipinski definition) is 6. The van der Waals surface area contributed by atoms with Gasteiger partial charge in [-0.3, -0.25) is 9.59 Å². The summed E-state index contributed by atoms with van der Waals surface area (Å²) in [6.45, 7) is 0. The number of carbonyl (C=O) groups excluding carboxylic acids is 1. The van der Waals surface area contributed by atoms with Gasteiger partial charge in [0.15, 0.2) is 17.2 Å². The average molecular weight is 366 g/mol. The molecule has 1 aromatic heterocycles. The maximum Gasteiger partial charge on any atom is 0.292 e. The highest BCUT2D eigenvalue weighted by atomic mass is 16.5. The zero-order valence-corrected chi connectivity index (χ0v) is 15.1. The van der Waals surface area contributed by atoms with Crippen LogP contribution in [-0.4, -0.2) is 36.1 Å². The summed E-state index contributed by atoms with van der Waals surface area (Å²) in [7, 11) is 4.59. The van der Waals surface area contributed by atoms with E-state index in [0.29, 0.717) is 27.8 Å². The van der Waals surface area contributed by atoms with Crippen LogP contribution in [0.15, 0.2) is 52.4 Å². The van der Waals surface area contributed by atoms with Gasteiger partial charge in [0.2, 0.25) is 0 Å². The molecule has 2 aromatic carbocycles. The van der Waals surface area contributed by atoms with Gasteiger partial charge in [-0.05, 0) is 29.8 Å². The van der Waals surface area contributed by atoms with E-state index in [1.807, 2.05) is 0 Å². The van der Waals surface area contributed by atoms with Crippen LogP contribution in [0.25, 0.3) is 10.8 Å². The van der Waals surface area contributed by atoms with E-state index >= 15 is 0 Å². The van der Waals surface area contributed by atoms with Crippen molar-refractivity contribution in [2.24, 2.45) is 12.1 Å². The van der Waals surface area contributed by atoms with Gasteiger partial charge < -0.3 is 9.47 Å². The smallest absolute Gasteiger partial charge is 0.292 e. The number of nitrogens with zero attached hydrogens (tertiary/aromatic N) is 3. The van der Waals surface area contributed by atoms with Crippen molar-refractivity contribution in [3.63, 3.8) is 0 Å². The van der Waals surface area contributed by atoms with Gasteiger partial charge in [0.25, 0.3) is 11.5 Å². The second-order valence-electron chi connectivity index (χ2n) is 5.64. The molecule has 1 N–H and O–H groups in total. The van der Waals surface area contributed by atoms with Crippen molar-refractivity contribution in [1.82, 2.24) is 15.2 Å². The van der Waals surface area contributed by atoms with Crippen LogP contribution in [0.3, 0.4) is 0 Å². The first kappa shape index (κ1) is 18.1. The number of rotatable bonds is 5. The van der Waals surface area contributed by atoms with Gasteiger partial charge in [-0.1, -0.05) is 18.2 Å². The van der Waals surface area contributed by atoms with E-state index in [0.717, 1.165) is 4.68 Å². The molecule has 27 heavy (non-hydrogen) atoms. The first-order chi connectivity index (χ1) is 13.0. The summed E-state index contributed by atoms with van der Waals surface area (Å²) in [6.07, 6.45) is 1.48. The van der Waals surface area contributed by atoms with E-state index in [2.05, 4.69) is 15.6 Å². The monoisotopic (exact) mass is 366 g/mol. The molecule has 0 atom stereocenters. The highest BCUT2D eigenvalue weighted by Gasteiger charge is 2.14. The van der Waals surface area contributed by atoms with E-state index in [1.54, 1.807) is 49.6 Å². The summed E-state index contributed by atoms with van der Waals surface area (Å²) < 4.78 is 11.5. The summed E-state index contributed by atoms with van der Waals surface area (Å²) in [5.41, 5.74) is 3.00. The van der Waals surface area contributed by atoms with Crippen LogP contribution in [0.2, 0.25) is 0 Å². The number of nitrogens with one attached hydrogen (secondary N) is 1. The number of methoxy groups -OCH3 is 2. The number of benzene rings is 2. The van der Waals surface area contributed by atoms with Crippen LogP contribution >= 0.6 is 0 Å². The van der Waals surface area contributed by atoms with Gasteiger partial charge >= 0.3 is 0 Å². The highest BCUT2D eigenvalue weighted by Crippen LogP contribution is 2.26. The molecule has 0 unspecified atom stereocenters. The number of carbonyl (C=O) groups is 1. The lowest BCUT2D eigenvalue weighted by Crippen LogP contribution is -2.27. The number of hydrazone groups is 1. The minimum atomic E-state index is -0.515. The van der Waals surface area contributed by atoms with Gasteiger partial charge in [0.1, 0.15) is 0 Å². The maximum atomic E-state index is 12.5. The Kier molecular flexibility index (Phi) is 5.16. The minimum Gasteiger partial charge on any atom is -0.493 e. The molecular formula is C19H18N4O4. The fourth-order valence-corrected chi connectivity index (χ4v) is 2.62. The van der Waals surface area contributed by atoms with Gasteiger partial charge in [-0.25, -0.2) is 10.1 Å². The number of aromatic nitrogens is 2. The molecule has 0 aliphatic carbocycles. The lowest BCUT2D eigenvalue weighted by atomic mass is 10.1. The first-order valence-corrected chi connectivity index (χ1v) is 8.06. The lowest BCUT2D eigenvalue weighted by molar-refractivity contribution is 0.0950. The number of aryl methyl sites for hydroxylation is 1. The molecular weight excluding hydrogens is 348 g/mol. The molecule has 0 aliphatic rings. The molecule has 8 heteroatoms. The molecule has 0 saturated carbocycles. The van der Waals surface area contributed by atoms with Crippen LogP contribution in [0, 0.1) is 0 Å². The molecule has 0 saturated heterocycles. The quantitative estimate of drug-likeness (QED) is 0.548. The normalized spacial score (nSPS) is 10.9. The van der Waals surface area contributed by atoms with Crippen LogP contribution in [0.5, 0.6) is 11.5 Å². The van der Waals surface area contributed by atoms with Crippen molar-refractivity contribution in [1.29, 1.82) is 0 Å². The molecule has 0 aliphatic heterocycles.